The highest BCUT2D eigenvalue weighted by atomic mass is 16.6. The van der Waals surface area contributed by atoms with Crippen LogP contribution in [0, 0.1) is 0 Å². The number of carbonyl (C=O) groups excluding carboxylic acids is 2. The fourth-order valence-electron chi connectivity index (χ4n) is 5.50. The Bertz CT molecular complexity index is 1270. The summed E-state index contributed by atoms with van der Waals surface area (Å²) in [6.07, 6.45) is -1.42. The van der Waals surface area contributed by atoms with Gasteiger partial charge in [0.15, 0.2) is 6.23 Å². The topological polar surface area (TPSA) is 75.9 Å². The fraction of sp³-hybridized carbons (Fsp3) is 0.212. The largest absolute Gasteiger partial charge is 0.424 e. The SMILES string of the molecule is NC(=O)OC1CN(C(c2ccccc2)c2ccccc2)CCN1C(=O)CC(c1ccccc1)c1ccccc1. The summed E-state index contributed by atoms with van der Waals surface area (Å²) in [6.45, 7) is 1.40. The van der Waals surface area contributed by atoms with Crippen LogP contribution in [0.5, 0.6) is 0 Å². The molecule has 0 aliphatic carbocycles. The molecule has 4 aromatic rings. The molecule has 1 aliphatic heterocycles. The average molecular weight is 520 g/mol. The number of benzene rings is 4. The summed E-state index contributed by atoms with van der Waals surface area (Å²) in [5.41, 5.74) is 9.89. The Balaban J connectivity index is 1.41. The molecule has 2 N–H and O–H groups in total. The van der Waals surface area contributed by atoms with E-state index < -0.39 is 12.3 Å². The molecule has 6 nitrogen and oxygen atoms in total. The van der Waals surface area contributed by atoms with E-state index in [9.17, 15) is 9.59 Å². The van der Waals surface area contributed by atoms with Gasteiger partial charge in [0, 0.05) is 25.4 Å². The molecule has 6 heteroatoms. The Morgan fingerprint density at radius 1 is 0.692 bits per heavy atom. The molecule has 4 aromatic carbocycles. The number of ether oxygens (including phenoxy) is 1. The van der Waals surface area contributed by atoms with Gasteiger partial charge >= 0.3 is 6.09 Å². The molecule has 0 radical (unpaired) electrons. The van der Waals surface area contributed by atoms with Gasteiger partial charge in [-0.15, -0.1) is 0 Å². The van der Waals surface area contributed by atoms with Crippen molar-refractivity contribution in [3.63, 3.8) is 0 Å². The van der Waals surface area contributed by atoms with E-state index in [0.717, 1.165) is 22.3 Å². The van der Waals surface area contributed by atoms with Gasteiger partial charge < -0.3 is 15.4 Å². The zero-order chi connectivity index (χ0) is 27.0. The third kappa shape index (κ3) is 6.36. The average Bonchev–Trinajstić information content (AvgIpc) is 2.98. The first-order valence-corrected chi connectivity index (χ1v) is 13.3. The van der Waals surface area contributed by atoms with Gasteiger partial charge in [-0.3, -0.25) is 9.69 Å². The van der Waals surface area contributed by atoms with Gasteiger partial charge in [-0.1, -0.05) is 121 Å². The van der Waals surface area contributed by atoms with Crippen molar-refractivity contribution in [3.8, 4) is 0 Å². The van der Waals surface area contributed by atoms with E-state index >= 15 is 0 Å². The lowest BCUT2D eigenvalue weighted by atomic mass is 9.88. The van der Waals surface area contributed by atoms with Crippen molar-refractivity contribution in [3.05, 3.63) is 144 Å². The number of hydrogen-bond acceptors (Lipinski definition) is 4. The first kappa shape index (κ1) is 26.2. The quantitative estimate of drug-likeness (QED) is 0.331. The van der Waals surface area contributed by atoms with Gasteiger partial charge in [-0.05, 0) is 22.3 Å². The maximum atomic E-state index is 13.8. The molecule has 2 amide bonds. The predicted octanol–water partition coefficient (Wildman–Crippen LogP) is 5.56. The molecule has 0 aromatic heterocycles. The van der Waals surface area contributed by atoms with Crippen molar-refractivity contribution in [2.75, 3.05) is 19.6 Å². The second-order valence-electron chi connectivity index (χ2n) is 9.78. The Morgan fingerprint density at radius 3 is 1.56 bits per heavy atom. The summed E-state index contributed by atoms with van der Waals surface area (Å²) in [6, 6.07) is 40.5. The van der Waals surface area contributed by atoms with Crippen molar-refractivity contribution in [1.29, 1.82) is 0 Å². The van der Waals surface area contributed by atoms with E-state index in [1.54, 1.807) is 4.90 Å². The number of primary amides is 1. The van der Waals surface area contributed by atoms with Crippen LogP contribution in [-0.4, -0.2) is 47.7 Å². The number of nitrogens with two attached hydrogens (primary N) is 1. The van der Waals surface area contributed by atoms with Gasteiger partial charge in [0.05, 0.1) is 12.6 Å². The van der Waals surface area contributed by atoms with Gasteiger partial charge in [-0.25, -0.2) is 4.79 Å². The number of amides is 2. The number of carbonyl (C=O) groups is 2. The number of nitrogens with zero attached hydrogens (tertiary/aromatic N) is 2. The first-order chi connectivity index (χ1) is 19.1. The van der Waals surface area contributed by atoms with Crippen LogP contribution < -0.4 is 5.73 Å². The van der Waals surface area contributed by atoms with E-state index in [2.05, 4.69) is 29.2 Å². The van der Waals surface area contributed by atoms with E-state index in [-0.39, 0.29) is 24.3 Å². The summed E-state index contributed by atoms with van der Waals surface area (Å²) in [5.74, 6) is -0.192. The minimum Gasteiger partial charge on any atom is -0.424 e. The van der Waals surface area contributed by atoms with Crippen molar-refractivity contribution in [2.45, 2.75) is 24.6 Å². The highest BCUT2D eigenvalue weighted by molar-refractivity contribution is 5.78. The molecule has 1 saturated heterocycles. The van der Waals surface area contributed by atoms with Crippen LogP contribution in [0.25, 0.3) is 0 Å². The second-order valence-corrected chi connectivity index (χ2v) is 9.78. The smallest absolute Gasteiger partial charge is 0.406 e. The van der Waals surface area contributed by atoms with Crippen LogP contribution in [-0.2, 0) is 9.53 Å². The van der Waals surface area contributed by atoms with Crippen molar-refractivity contribution in [2.24, 2.45) is 5.73 Å². The Hall–Kier alpha value is -4.42. The van der Waals surface area contributed by atoms with Crippen LogP contribution in [0.4, 0.5) is 4.79 Å². The zero-order valence-corrected chi connectivity index (χ0v) is 21.8. The molecule has 1 heterocycles. The van der Waals surface area contributed by atoms with Gasteiger partial charge in [0.2, 0.25) is 5.91 Å². The van der Waals surface area contributed by atoms with E-state index in [4.69, 9.17) is 10.5 Å². The molecular formula is C33H33N3O3. The third-order valence-corrected chi connectivity index (χ3v) is 7.32. The summed E-state index contributed by atoms with van der Waals surface area (Å²) >= 11 is 0. The molecule has 1 atom stereocenters. The van der Waals surface area contributed by atoms with Crippen molar-refractivity contribution < 1.29 is 14.3 Å². The fourth-order valence-corrected chi connectivity index (χ4v) is 5.50. The highest BCUT2D eigenvalue weighted by Crippen LogP contribution is 2.33. The lowest BCUT2D eigenvalue weighted by molar-refractivity contribution is -0.148. The van der Waals surface area contributed by atoms with Crippen LogP contribution in [0.3, 0.4) is 0 Å². The minimum absolute atomic E-state index is 0.0509. The highest BCUT2D eigenvalue weighted by Gasteiger charge is 2.37. The minimum atomic E-state index is -0.890. The number of rotatable bonds is 8. The summed E-state index contributed by atoms with van der Waals surface area (Å²) in [5, 5.41) is 0. The molecule has 0 spiro atoms. The molecule has 1 unspecified atom stereocenters. The number of hydrogen-bond donors (Lipinski definition) is 1. The summed E-state index contributed by atoms with van der Waals surface area (Å²) in [7, 11) is 0. The molecule has 0 bridgehead atoms. The summed E-state index contributed by atoms with van der Waals surface area (Å²) in [4.78, 5) is 29.7. The van der Waals surface area contributed by atoms with Crippen LogP contribution in [0.2, 0.25) is 0 Å². The summed E-state index contributed by atoms with van der Waals surface area (Å²) < 4.78 is 5.57. The van der Waals surface area contributed by atoms with Gasteiger partial charge in [-0.2, -0.15) is 0 Å². The Kier molecular flexibility index (Phi) is 8.34. The Morgan fingerprint density at radius 2 is 1.13 bits per heavy atom. The van der Waals surface area contributed by atoms with Crippen molar-refractivity contribution >= 4 is 12.0 Å². The van der Waals surface area contributed by atoms with Crippen LogP contribution in [0.15, 0.2) is 121 Å². The maximum absolute atomic E-state index is 13.8. The second kappa shape index (κ2) is 12.4. The monoisotopic (exact) mass is 519 g/mol. The molecule has 39 heavy (non-hydrogen) atoms. The Labute approximate surface area is 229 Å². The lowest BCUT2D eigenvalue weighted by Crippen LogP contribution is -2.58. The molecule has 198 valence electrons. The first-order valence-electron chi connectivity index (χ1n) is 13.3. The predicted molar refractivity (Wildman–Crippen MR) is 152 cm³/mol. The maximum Gasteiger partial charge on any atom is 0.406 e. The molecular weight excluding hydrogens is 486 g/mol. The van der Waals surface area contributed by atoms with Gasteiger partial charge in [0.1, 0.15) is 0 Å². The van der Waals surface area contributed by atoms with Gasteiger partial charge in [0.25, 0.3) is 0 Å². The number of piperazine rings is 1. The molecule has 1 fully saturated rings. The normalized spacial score (nSPS) is 15.8. The molecule has 0 saturated carbocycles. The third-order valence-electron chi connectivity index (χ3n) is 7.32. The molecule has 1 aliphatic rings. The van der Waals surface area contributed by atoms with E-state index in [1.807, 2.05) is 97.1 Å². The van der Waals surface area contributed by atoms with Crippen molar-refractivity contribution in [1.82, 2.24) is 9.80 Å². The van der Waals surface area contributed by atoms with Crippen LogP contribution in [0.1, 0.15) is 40.6 Å². The van der Waals surface area contributed by atoms with E-state index in [1.165, 1.54) is 0 Å². The van der Waals surface area contributed by atoms with E-state index in [0.29, 0.717) is 19.6 Å². The van der Waals surface area contributed by atoms with Crippen LogP contribution >= 0.6 is 0 Å². The lowest BCUT2D eigenvalue weighted by Gasteiger charge is -2.44. The zero-order valence-electron chi connectivity index (χ0n) is 21.8. The molecule has 5 rings (SSSR count). The standard InChI is InChI=1S/C33H33N3O3/c34-33(38)39-31-24-35(32(27-17-9-3-10-18-27)28-19-11-4-12-20-28)21-22-36(31)30(37)23-29(25-13-5-1-6-14-25)26-15-7-2-8-16-26/h1-20,29,31-32H,21-24H2,(H2,34,38).